The number of nitrogens with zero attached hydrogens (tertiary/aromatic N) is 6. The summed E-state index contributed by atoms with van der Waals surface area (Å²) in [6, 6.07) is 13.8. The first-order valence-corrected chi connectivity index (χ1v) is 13.0. The number of aromatic nitrogens is 4. The van der Waals surface area contributed by atoms with Crippen molar-refractivity contribution in [3.05, 3.63) is 73.3 Å². The van der Waals surface area contributed by atoms with Gasteiger partial charge >= 0.3 is 0 Å². The van der Waals surface area contributed by atoms with Crippen LogP contribution < -0.4 is 25.2 Å². The fourth-order valence-corrected chi connectivity index (χ4v) is 5.02. The molecule has 4 aromatic rings. The number of amides is 1. The highest BCUT2D eigenvalue weighted by molar-refractivity contribution is 6.02. The summed E-state index contributed by atoms with van der Waals surface area (Å²) in [5.74, 6) is 1.59. The summed E-state index contributed by atoms with van der Waals surface area (Å²) in [4.78, 5) is 30.7. The summed E-state index contributed by atoms with van der Waals surface area (Å²) in [6.45, 7) is 6.90. The highest BCUT2D eigenvalue weighted by atomic mass is 16.5. The van der Waals surface area contributed by atoms with Gasteiger partial charge in [-0.15, -0.1) is 0 Å². The number of morpholine rings is 1. The number of fused-ring (bicyclic) bond motifs is 3. The fourth-order valence-electron chi connectivity index (χ4n) is 5.02. The first-order valence-electron chi connectivity index (χ1n) is 13.0. The zero-order chi connectivity index (χ0) is 27.6. The van der Waals surface area contributed by atoms with Crippen molar-refractivity contribution in [3.8, 4) is 22.8 Å². The average molecular weight is 539 g/mol. The number of methoxy groups -OCH3 is 1. The third-order valence-electron chi connectivity index (χ3n) is 6.99. The molecule has 11 heteroatoms. The summed E-state index contributed by atoms with van der Waals surface area (Å²) in [7, 11) is 3.67. The van der Waals surface area contributed by atoms with E-state index in [1.165, 1.54) is 6.08 Å². The van der Waals surface area contributed by atoms with Crippen molar-refractivity contribution < 1.29 is 14.3 Å². The standard InChI is InChI=1S/C29H30N8O3/c1-4-28(38)32-20-15-21(26(39-3)16-25(20)36-11-13-40-14-12-36)34-29-30-10-9-19(33-29)22-17-37-24-8-6-5-7-23(24)35(2)18-27(37)31-22/h4-10,15-17H,1,11-14,18H2,2-3H3,(H,32,38)(H,30,33,34). The van der Waals surface area contributed by atoms with Gasteiger partial charge in [0.1, 0.15) is 17.3 Å². The van der Waals surface area contributed by atoms with Gasteiger partial charge in [-0.2, -0.15) is 0 Å². The molecule has 4 heterocycles. The average Bonchev–Trinajstić information content (AvgIpc) is 3.42. The second-order valence-corrected chi connectivity index (χ2v) is 9.51. The molecule has 2 aromatic heterocycles. The summed E-state index contributed by atoms with van der Waals surface area (Å²) in [5, 5.41) is 6.19. The smallest absolute Gasteiger partial charge is 0.247 e. The number of anilines is 5. The Labute approximate surface area is 232 Å². The van der Waals surface area contributed by atoms with E-state index in [0.29, 0.717) is 61.6 Å². The molecule has 0 spiro atoms. The largest absolute Gasteiger partial charge is 0.494 e. The molecule has 40 heavy (non-hydrogen) atoms. The van der Waals surface area contributed by atoms with Crippen LogP contribution in [-0.2, 0) is 16.1 Å². The van der Waals surface area contributed by atoms with Crippen molar-refractivity contribution in [2.75, 3.05) is 60.9 Å². The Kier molecular flexibility index (Phi) is 6.79. The minimum Gasteiger partial charge on any atom is -0.494 e. The number of rotatable bonds is 7. The Balaban J connectivity index is 1.33. The van der Waals surface area contributed by atoms with Crippen molar-refractivity contribution in [1.82, 2.24) is 19.5 Å². The van der Waals surface area contributed by atoms with Gasteiger partial charge in [-0.3, -0.25) is 9.36 Å². The zero-order valence-corrected chi connectivity index (χ0v) is 22.4. The summed E-state index contributed by atoms with van der Waals surface area (Å²) < 4.78 is 13.3. The maximum atomic E-state index is 12.3. The van der Waals surface area contributed by atoms with E-state index in [1.807, 2.05) is 36.5 Å². The van der Waals surface area contributed by atoms with Crippen molar-refractivity contribution in [3.63, 3.8) is 0 Å². The van der Waals surface area contributed by atoms with E-state index in [1.54, 1.807) is 13.3 Å². The summed E-state index contributed by atoms with van der Waals surface area (Å²) >= 11 is 0. The van der Waals surface area contributed by atoms with Gasteiger partial charge in [-0.05, 0) is 30.3 Å². The van der Waals surface area contributed by atoms with Gasteiger partial charge in [0.25, 0.3) is 0 Å². The van der Waals surface area contributed by atoms with Crippen LogP contribution in [0.1, 0.15) is 5.82 Å². The van der Waals surface area contributed by atoms with Crippen LogP contribution in [0, 0.1) is 0 Å². The molecule has 0 radical (unpaired) electrons. The van der Waals surface area contributed by atoms with Crippen LogP contribution in [0.2, 0.25) is 0 Å². The molecule has 1 saturated heterocycles. The summed E-state index contributed by atoms with van der Waals surface area (Å²) in [5.41, 5.74) is 5.73. The number of nitrogens with one attached hydrogen (secondary N) is 2. The van der Waals surface area contributed by atoms with E-state index in [2.05, 4.69) is 55.7 Å². The molecule has 204 valence electrons. The van der Waals surface area contributed by atoms with Crippen LogP contribution in [0.5, 0.6) is 5.75 Å². The molecule has 2 aliphatic rings. The maximum Gasteiger partial charge on any atom is 0.247 e. The van der Waals surface area contributed by atoms with E-state index in [4.69, 9.17) is 19.4 Å². The lowest BCUT2D eigenvalue weighted by molar-refractivity contribution is -0.111. The molecule has 6 rings (SSSR count). The monoisotopic (exact) mass is 538 g/mol. The molecule has 1 amide bonds. The number of hydrogen-bond donors (Lipinski definition) is 2. The van der Waals surface area contributed by atoms with E-state index < -0.39 is 0 Å². The lowest BCUT2D eigenvalue weighted by Crippen LogP contribution is -2.36. The van der Waals surface area contributed by atoms with Gasteiger partial charge in [-0.25, -0.2) is 15.0 Å². The molecular formula is C29H30N8O3. The summed E-state index contributed by atoms with van der Waals surface area (Å²) in [6.07, 6.45) is 4.94. The number of imidazole rings is 1. The van der Waals surface area contributed by atoms with E-state index >= 15 is 0 Å². The molecule has 0 atom stereocenters. The molecule has 0 unspecified atom stereocenters. The van der Waals surface area contributed by atoms with Gasteiger partial charge in [-0.1, -0.05) is 18.7 Å². The molecule has 2 aromatic carbocycles. The van der Waals surface area contributed by atoms with Crippen LogP contribution in [-0.4, -0.2) is 65.9 Å². The minimum absolute atomic E-state index is 0.306. The predicted molar refractivity (Wildman–Crippen MR) is 155 cm³/mol. The van der Waals surface area contributed by atoms with Crippen LogP contribution in [0.3, 0.4) is 0 Å². The lowest BCUT2D eigenvalue weighted by atomic mass is 10.1. The third kappa shape index (κ3) is 4.82. The van der Waals surface area contributed by atoms with Gasteiger partial charge in [0.2, 0.25) is 11.9 Å². The Hall–Kier alpha value is -4.90. The van der Waals surface area contributed by atoms with Crippen molar-refractivity contribution in [2.24, 2.45) is 0 Å². The quantitative estimate of drug-likeness (QED) is 0.338. The van der Waals surface area contributed by atoms with Crippen molar-refractivity contribution in [2.45, 2.75) is 6.54 Å². The molecule has 0 aliphatic carbocycles. The van der Waals surface area contributed by atoms with Gasteiger partial charge in [0.15, 0.2) is 0 Å². The van der Waals surface area contributed by atoms with Crippen LogP contribution in [0.25, 0.3) is 17.1 Å². The highest BCUT2D eigenvalue weighted by Gasteiger charge is 2.23. The molecule has 0 bridgehead atoms. The first-order chi connectivity index (χ1) is 19.5. The Morgan fingerprint density at radius 2 is 1.85 bits per heavy atom. The Morgan fingerprint density at radius 3 is 2.62 bits per heavy atom. The number of ether oxygens (including phenoxy) is 2. The predicted octanol–water partition coefficient (Wildman–Crippen LogP) is 3.99. The number of benzene rings is 2. The number of hydrogen-bond acceptors (Lipinski definition) is 9. The van der Waals surface area contributed by atoms with E-state index in [9.17, 15) is 4.79 Å². The second-order valence-electron chi connectivity index (χ2n) is 9.51. The molecule has 0 saturated carbocycles. The number of carbonyl (C=O) groups is 1. The second kappa shape index (κ2) is 10.7. The Bertz CT molecular complexity index is 1580. The Morgan fingerprint density at radius 1 is 1.05 bits per heavy atom. The molecule has 2 N–H and O–H groups in total. The van der Waals surface area contributed by atoms with Gasteiger partial charge in [0.05, 0.1) is 61.0 Å². The van der Waals surface area contributed by atoms with Crippen LogP contribution in [0.4, 0.5) is 28.7 Å². The normalized spacial score (nSPS) is 14.2. The SMILES string of the molecule is C=CC(=O)Nc1cc(Nc2nccc(-c3cn4c(n3)CN(C)c3ccccc3-4)n2)c(OC)cc1N1CCOCC1. The van der Waals surface area contributed by atoms with E-state index in [-0.39, 0.29) is 5.91 Å². The topological polar surface area (TPSA) is 110 Å². The molecular weight excluding hydrogens is 508 g/mol. The molecule has 2 aliphatic heterocycles. The molecule has 1 fully saturated rings. The minimum atomic E-state index is -0.306. The number of carbonyl (C=O) groups excluding carboxylic acids is 1. The first kappa shape index (κ1) is 25.4. The lowest BCUT2D eigenvalue weighted by Gasteiger charge is -2.31. The number of para-hydroxylation sites is 2. The zero-order valence-electron chi connectivity index (χ0n) is 22.4. The van der Waals surface area contributed by atoms with Gasteiger partial charge < -0.3 is 29.9 Å². The van der Waals surface area contributed by atoms with Crippen molar-refractivity contribution in [1.29, 1.82) is 0 Å². The van der Waals surface area contributed by atoms with E-state index in [0.717, 1.165) is 28.6 Å². The maximum absolute atomic E-state index is 12.3. The van der Waals surface area contributed by atoms with Crippen molar-refractivity contribution >= 4 is 34.6 Å². The fraction of sp³-hybridized carbons (Fsp3) is 0.241. The highest BCUT2D eigenvalue weighted by Crippen LogP contribution is 2.39. The van der Waals surface area contributed by atoms with Crippen LogP contribution >= 0.6 is 0 Å². The molecule has 11 nitrogen and oxygen atoms in total. The van der Waals surface area contributed by atoms with Gasteiger partial charge in [0, 0.05) is 38.6 Å². The van der Waals surface area contributed by atoms with Crippen LogP contribution in [0.15, 0.2) is 67.5 Å². The third-order valence-corrected chi connectivity index (χ3v) is 6.99.